The number of allylic oxidation sites excluding steroid dienone is 2. The Balaban J connectivity index is 2.17. The van der Waals surface area contributed by atoms with E-state index in [9.17, 15) is 9.59 Å². The van der Waals surface area contributed by atoms with Gasteiger partial charge in [0.1, 0.15) is 12.1 Å². The van der Waals surface area contributed by atoms with Crippen LogP contribution < -0.4 is 0 Å². The monoisotopic (exact) mass is 410 g/mol. The molecule has 0 aromatic heterocycles. The summed E-state index contributed by atoms with van der Waals surface area (Å²) in [6.07, 6.45) is 7.59. The van der Waals surface area contributed by atoms with Crippen LogP contribution in [0.3, 0.4) is 0 Å². The van der Waals surface area contributed by atoms with E-state index in [1.54, 1.807) is 0 Å². The van der Waals surface area contributed by atoms with Crippen LogP contribution in [0.5, 0.6) is 0 Å². The zero-order valence-corrected chi connectivity index (χ0v) is 20.4. The summed E-state index contributed by atoms with van der Waals surface area (Å²) in [7, 11) is 0. The number of carbonyl (C=O) groups is 2. The van der Waals surface area contributed by atoms with Crippen LogP contribution in [-0.2, 0) is 15.0 Å². The number of aldehydes is 1. The van der Waals surface area contributed by atoms with Gasteiger partial charge in [0.25, 0.3) is 0 Å². The molecule has 0 bridgehead atoms. The predicted octanol–water partition coefficient (Wildman–Crippen LogP) is 7.27. The molecule has 1 aromatic carbocycles. The Hall–Kier alpha value is -1.70. The van der Waals surface area contributed by atoms with Crippen LogP contribution in [0.2, 0.25) is 0 Å². The molecule has 0 N–H and O–H groups in total. The van der Waals surface area contributed by atoms with E-state index in [2.05, 4.69) is 59.8 Å². The number of carbonyl (C=O) groups excluding carboxylic acids is 2. The average Bonchev–Trinajstić information content (AvgIpc) is 2.66. The highest BCUT2D eigenvalue weighted by Gasteiger charge is 2.35. The lowest BCUT2D eigenvalue weighted by atomic mass is 9.66. The molecule has 0 fully saturated rings. The summed E-state index contributed by atoms with van der Waals surface area (Å²) in [6, 6.07) is 8.31. The van der Waals surface area contributed by atoms with Gasteiger partial charge in [0, 0.05) is 11.8 Å². The first kappa shape index (κ1) is 24.6. The van der Waals surface area contributed by atoms with Gasteiger partial charge in [-0.1, -0.05) is 84.4 Å². The lowest BCUT2D eigenvalue weighted by Crippen LogP contribution is -2.30. The van der Waals surface area contributed by atoms with Crippen molar-refractivity contribution in [2.24, 2.45) is 23.2 Å². The normalized spacial score (nSPS) is 22.0. The Kier molecular flexibility index (Phi) is 7.88. The van der Waals surface area contributed by atoms with Gasteiger partial charge in [-0.2, -0.15) is 0 Å². The zero-order valence-electron chi connectivity index (χ0n) is 20.4. The molecule has 4 atom stereocenters. The van der Waals surface area contributed by atoms with E-state index in [1.807, 2.05) is 26.0 Å². The number of hydrogen-bond donors (Lipinski definition) is 0. The molecule has 0 saturated heterocycles. The van der Waals surface area contributed by atoms with Crippen molar-refractivity contribution in [3.8, 4) is 0 Å². The molecular weight excluding hydrogens is 368 g/mol. The van der Waals surface area contributed by atoms with E-state index in [4.69, 9.17) is 0 Å². The third-order valence-electron chi connectivity index (χ3n) is 7.30. The minimum absolute atomic E-state index is 0.0507. The highest BCUT2D eigenvalue weighted by atomic mass is 16.1. The molecule has 1 aliphatic rings. The third kappa shape index (κ3) is 5.71. The molecule has 2 rings (SSSR count). The maximum atomic E-state index is 13.5. The van der Waals surface area contributed by atoms with E-state index in [0.29, 0.717) is 11.3 Å². The summed E-state index contributed by atoms with van der Waals surface area (Å²) >= 11 is 0. The molecule has 0 aliphatic heterocycles. The van der Waals surface area contributed by atoms with Gasteiger partial charge in [0.15, 0.2) is 0 Å². The fourth-order valence-electron chi connectivity index (χ4n) is 5.08. The maximum absolute atomic E-state index is 13.5. The van der Waals surface area contributed by atoms with Gasteiger partial charge in [0.05, 0.1) is 5.92 Å². The van der Waals surface area contributed by atoms with Gasteiger partial charge in [-0.3, -0.25) is 4.79 Å². The van der Waals surface area contributed by atoms with Crippen LogP contribution in [0.4, 0.5) is 0 Å². The summed E-state index contributed by atoms with van der Waals surface area (Å²) in [5.74, 6) is 0.0174. The van der Waals surface area contributed by atoms with Gasteiger partial charge in [0.2, 0.25) is 0 Å². The third-order valence-corrected chi connectivity index (χ3v) is 7.30. The van der Waals surface area contributed by atoms with Crippen molar-refractivity contribution in [1.29, 1.82) is 0 Å². The minimum atomic E-state index is -0.359. The fourth-order valence-corrected chi connectivity index (χ4v) is 5.08. The van der Waals surface area contributed by atoms with Crippen molar-refractivity contribution in [3.05, 3.63) is 47.0 Å². The molecule has 0 saturated carbocycles. The maximum Gasteiger partial charge on any atom is 0.143 e. The second-order valence-electron chi connectivity index (χ2n) is 11.3. The lowest BCUT2D eigenvalue weighted by Gasteiger charge is -2.39. The molecule has 1 aliphatic carbocycles. The van der Waals surface area contributed by atoms with E-state index in [1.165, 1.54) is 17.6 Å². The Labute approximate surface area is 184 Å². The summed E-state index contributed by atoms with van der Waals surface area (Å²) in [5.41, 5.74) is 4.04. The van der Waals surface area contributed by atoms with E-state index < -0.39 is 0 Å². The van der Waals surface area contributed by atoms with E-state index >= 15 is 0 Å². The van der Waals surface area contributed by atoms with Crippen molar-refractivity contribution in [1.82, 2.24) is 0 Å². The van der Waals surface area contributed by atoms with Crippen molar-refractivity contribution in [3.63, 3.8) is 0 Å². The Morgan fingerprint density at radius 1 is 1.17 bits per heavy atom. The number of rotatable bonds is 8. The van der Waals surface area contributed by atoms with E-state index in [0.717, 1.165) is 31.1 Å². The second kappa shape index (κ2) is 9.62. The Morgan fingerprint density at radius 2 is 1.77 bits per heavy atom. The Morgan fingerprint density at radius 3 is 2.27 bits per heavy atom. The molecular formula is C28H42O2. The van der Waals surface area contributed by atoms with Crippen LogP contribution in [0.1, 0.15) is 98.1 Å². The summed E-state index contributed by atoms with van der Waals surface area (Å²) in [4.78, 5) is 25.1. The Bertz CT molecular complexity index is 761. The van der Waals surface area contributed by atoms with Crippen molar-refractivity contribution in [2.75, 3.05) is 0 Å². The number of benzene rings is 1. The first-order chi connectivity index (χ1) is 13.9. The molecule has 0 radical (unpaired) electrons. The summed E-state index contributed by atoms with van der Waals surface area (Å²) in [5, 5.41) is 0. The highest BCUT2D eigenvalue weighted by Crippen LogP contribution is 2.44. The highest BCUT2D eigenvalue weighted by molar-refractivity contribution is 5.90. The lowest BCUT2D eigenvalue weighted by molar-refractivity contribution is -0.127. The number of ketones is 1. The van der Waals surface area contributed by atoms with Crippen molar-refractivity contribution >= 4 is 12.1 Å². The topological polar surface area (TPSA) is 34.1 Å². The van der Waals surface area contributed by atoms with Crippen molar-refractivity contribution < 1.29 is 9.59 Å². The first-order valence-electron chi connectivity index (χ1n) is 11.6. The zero-order chi connectivity index (χ0) is 22.7. The average molecular weight is 411 g/mol. The van der Waals surface area contributed by atoms with Crippen LogP contribution in [0, 0.1) is 23.2 Å². The van der Waals surface area contributed by atoms with Gasteiger partial charge >= 0.3 is 0 Å². The van der Waals surface area contributed by atoms with Gasteiger partial charge in [-0.25, -0.2) is 0 Å². The molecule has 1 aromatic rings. The van der Waals surface area contributed by atoms with Crippen LogP contribution in [0.15, 0.2) is 35.9 Å². The molecule has 4 unspecified atom stereocenters. The summed E-state index contributed by atoms with van der Waals surface area (Å²) < 4.78 is 0. The number of hydrogen-bond acceptors (Lipinski definition) is 2. The predicted molar refractivity (Wildman–Crippen MR) is 127 cm³/mol. The standard InChI is InChI=1S/C28H42O2/c1-19-10-9-17-28(7,8)24(19)16-11-20(2)26(30)25(21(3)18-29)22-12-14-23(15-13-22)27(4,5)6/h10,12-15,18,20-21,24-25H,9,11,16-17H2,1-8H3. The molecule has 166 valence electrons. The van der Waals surface area contributed by atoms with Crippen LogP contribution >= 0.6 is 0 Å². The van der Waals surface area contributed by atoms with Gasteiger partial charge in [-0.05, 0) is 60.5 Å². The van der Waals surface area contributed by atoms with Crippen LogP contribution in [0.25, 0.3) is 0 Å². The molecule has 2 nitrogen and oxygen atoms in total. The van der Waals surface area contributed by atoms with Gasteiger partial charge < -0.3 is 4.79 Å². The van der Waals surface area contributed by atoms with E-state index in [-0.39, 0.29) is 29.0 Å². The molecule has 0 spiro atoms. The molecule has 2 heteroatoms. The summed E-state index contributed by atoms with van der Waals surface area (Å²) in [6.45, 7) is 17.4. The minimum Gasteiger partial charge on any atom is -0.303 e. The fraction of sp³-hybridized carbons (Fsp3) is 0.643. The molecule has 0 amide bonds. The smallest absolute Gasteiger partial charge is 0.143 e. The SMILES string of the molecule is CC1=CCCC(C)(C)C1CCC(C)C(=O)C(c1ccc(C(C)(C)C)cc1)C(C)C=O. The van der Waals surface area contributed by atoms with Crippen molar-refractivity contribution in [2.45, 2.75) is 92.4 Å². The second-order valence-corrected chi connectivity index (χ2v) is 11.3. The number of Topliss-reactive ketones (excluding diaryl/α,β-unsaturated/α-hetero) is 1. The molecule has 30 heavy (non-hydrogen) atoms. The van der Waals surface area contributed by atoms with Gasteiger partial charge in [-0.15, -0.1) is 0 Å². The largest absolute Gasteiger partial charge is 0.303 e. The molecule has 0 heterocycles. The van der Waals surface area contributed by atoms with Crippen LogP contribution in [-0.4, -0.2) is 12.1 Å². The quantitative estimate of drug-likeness (QED) is 0.333. The first-order valence-corrected chi connectivity index (χ1v) is 11.6.